The van der Waals surface area contributed by atoms with Gasteiger partial charge in [-0.2, -0.15) is 13.2 Å². The van der Waals surface area contributed by atoms with Gasteiger partial charge < -0.3 is 0 Å². The van der Waals surface area contributed by atoms with Gasteiger partial charge in [0.25, 0.3) is 5.24 Å². The molecule has 0 aliphatic rings. The fourth-order valence-corrected chi connectivity index (χ4v) is 0.818. The topological polar surface area (TPSA) is 30.0 Å². The summed E-state index contributed by atoms with van der Waals surface area (Å²) in [4.78, 5) is 13.8. The Bertz CT molecular complexity index is 337. The molecule has 0 fully saturated rings. The first kappa shape index (κ1) is 9.98. The summed E-state index contributed by atoms with van der Waals surface area (Å²) in [6.07, 6.45) is -3.59. The number of aromatic nitrogens is 1. The maximum absolute atomic E-state index is 12.0. The van der Waals surface area contributed by atoms with Crippen LogP contribution in [0.4, 0.5) is 13.2 Å². The van der Waals surface area contributed by atoms with E-state index < -0.39 is 22.7 Å². The third-order valence-corrected chi connectivity index (χ3v) is 1.48. The molecule has 2 nitrogen and oxygen atoms in total. The van der Waals surface area contributed by atoms with Crippen LogP contribution in [0.15, 0.2) is 18.3 Å². The molecule has 0 bridgehead atoms. The predicted octanol–water partition coefficient (Wildman–Crippen LogP) is 2.48. The number of rotatable bonds is 1. The maximum Gasteiger partial charge on any atom is 0.416 e. The van der Waals surface area contributed by atoms with Crippen LogP contribution in [0.2, 0.25) is 0 Å². The number of carbonyl (C=O) groups is 1. The highest BCUT2D eigenvalue weighted by atomic mass is 35.5. The number of carbonyl (C=O) groups excluding carboxylic acids is 1. The summed E-state index contributed by atoms with van der Waals surface area (Å²) in [6, 6.07) is 1.37. The Labute approximate surface area is 76.3 Å². The van der Waals surface area contributed by atoms with Crippen molar-refractivity contribution in [3.8, 4) is 0 Å². The molecule has 0 saturated carbocycles. The van der Waals surface area contributed by atoms with Crippen LogP contribution in [-0.2, 0) is 6.18 Å². The largest absolute Gasteiger partial charge is 0.416 e. The van der Waals surface area contributed by atoms with Crippen molar-refractivity contribution >= 4 is 16.8 Å². The second kappa shape index (κ2) is 3.33. The Hall–Kier alpha value is -1.10. The molecule has 1 heterocycles. The van der Waals surface area contributed by atoms with E-state index in [0.717, 1.165) is 12.3 Å². The number of alkyl halides is 3. The number of halogens is 4. The van der Waals surface area contributed by atoms with E-state index in [2.05, 4.69) is 4.98 Å². The fraction of sp³-hybridized carbons (Fsp3) is 0.143. The molecule has 0 N–H and O–H groups in total. The minimum absolute atomic E-state index is 0.406. The molecule has 6 heteroatoms. The molecule has 0 unspecified atom stereocenters. The lowest BCUT2D eigenvalue weighted by Crippen LogP contribution is -2.07. The van der Waals surface area contributed by atoms with Crippen LogP contribution in [-0.4, -0.2) is 10.2 Å². The Kier molecular flexibility index (Phi) is 2.56. The zero-order valence-electron chi connectivity index (χ0n) is 6.10. The van der Waals surface area contributed by atoms with Crippen molar-refractivity contribution < 1.29 is 18.0 Å². The minimum atomic E-state index is -4.48. The smallest absolute Gasteiger partial charge is 0.274 e. The summed E-state index contributed by atoms with van der Waals surface area (Å²) in [6.45, 7) is 0. The molecule has 0 aliphatic heterocycles. The van der Waals surface area contributed by atoms with Gasteiger partial charge in [-0.1, -0.05) is 0 Å². The maximum atomic E-state index is 12.0. The zero-order valence-corrected chi connectivity index (χ0v) is 6.86. The third kappa shape index (κ3) is 2.42. The van der Waals surface area contributed by atoms with Gasteiger partial charge in [0.15, 0.2) is 0 Å². The van der Waals surface area contributed by atoms with Crippen LogP contribution in [0.3, 0.4) is 0 Å². The van der Waals surface area contributed by atoms with Crippen molar-refractivity contribution in [3.05, 3.63) is 29.6 Å². The molecule has 0 aliphatic carbocycles. The zero-order chi connectivity index (χ0) is 10.1. The molecule has 1 aromatic heterocycles. The van der Waals surface area contributed by atoms with Gasteiger partial charge in [-0.15, -0.1) is 0 Å². The van der Waals surface area contributed by atoms with Gasteiger partial charge in [-0.3, -0.25) is 9.78 Å². The first-order chi connectivity index (χ1) is 5.91. The lowest BCUT2D eigenvalue weighted by atomic mass is 10.2. The molecule has 0 amide bonds. The molecule has 1 aromatic rings. The monoisotopic (exact) mass is 209 g/mol. The summed E-state index contributed by atoms with van der Waals surface area (Å²) < 4.78 is 36.1. The van der Waals surface area contributed by atoms with Crippen molar-refractivity contribution in [2.45, 2.75) is 6.18 Å². The van der Waals surface area contributed by atoms with Crippen molar-refractivity contribution in [2.24, 2.45) is 0 Å². The van der Waals surface area contributed by atoms with E-state index in [9.17, 15) is 18.0 Å². The second-order valence-electron chi connectivity index (χ2n) is 2.20. The van der Waals surface area contributed by atoms with Crippen LogP contribution in [0, 0.1) is 0 Å². The number of nitrogens with zero attached hydrogens (tertiary/aromatic N) is 1. The molecule has 13 heavy (non-hydrogen) atoms. The van der Waals surface area contributed by atoms with Crippen LogP contribution in [0.5, 0.6) is 0 Å². The lowest BCUT2D eigenvalue weighted by Gasteiger charge is -2.05. The average Bonchev–Trinajstić information content (AvgIpc) is 2.03. The van der Waals surface area contributed by atoms with Crippen molar-refractivity contribution in [1.29, 1.82) is 0 Å². The molecular formula is C7H3ClF3NO. The number of hydrogen-bond donors (Lipinski definition) is 0. The molecule has 70 valence electrons. The van der Waals surface area contributed by atoms with Gasteiger partial charge in [0.2, 0.25) is 0 Å². The second-order valence-corrected chi connectivity index (χ2v) is 2.54. The van der Waals surface area contributed by atoms with Crippen LogP contribution >= 0.6 is 11.6 Å². The average molecular weight is 210 g/mol. The number of hydrogen-bond acceptors (Lipinski definition) is 2. The summed E-state index contributed by atoms with van der Waals surface area (Å²) in [5.74, 6) is 0. The number of pyridine rings is 1. The van der Waals surface area contributed by atoms with Gasteiger partial charge in [0.05, 0.1) is 5.56 Å². The van der Waals surface area contributed by atoms with Gasteiger partial charge >= 0.3 is 6.18 Å². The van der Waals surface area contributed by atoms with Crippen LogP contribution < -0.4 is 0 Å². The molecular weight excluding hydrogens is 207 g/mol. The van der Waals surface area contributed by atoms with E-state index in [1.165, 1.54) is 0 Å². The van der Waals surface area contributed by atoms with Crippen molar-refractivity contribution in [2.75, 3.05) is 0 Å². The van der Waals surface area contributed by atoms with Crippen molar-refractivity contribution in [3.63, 3.8) is 0 Å². The predicted molar refractivity (Wildman–Crippen MR) is 39.4 cm³/mol. The molecule has 0 spiro atoms. The van der Waals surface area contributed by atoms with E-state index in [4.69, 9.17) is 11.6 Å². The van der Waals surface area contributed by atoms with Gasteiger partial charge in [-0.25, -0.2) is 0 Å². The first-order valence-corrected chi connectivity index (χ1v) is 3.52. The van der Waals surface area contributed by atoms with Gasteiger partial charge in [-0.05, 0) is 23.7 Å². The summed E-state index contributed by atoms with van der Waals surface area (Å²) in [5, 5.41) is -1.01. The van der Waals surface area contributed by atoms with Crippen molar-refractivity contribution in [1.82, 2.24) is 4.98 Å². The quantitative estimate of drug-likeness (QED) is 0.665. The first-order valence-electron chi connectivity index (χ1n) is 3.14. The van der Waals surface area contributed by atoms with Crippen LogP contribution in [0.25, 0.3) is 0 Å². The van der Waals surface area contributed by atoms with Gasteiger partial charge in [0.1, 0.15) is 5.69 Å². The molecule has 0 radical (unpaired) electrons. The highest BCUT2D eigenvalue weighted by Gasteiger charge is 2.31. The Morgan fingerprint density at radius 1 is 1.46 bits per heavy atom. The lowest BCUT2D eigenvalue weighted by molar-refractivity contribution is -0.137. The normalized spacial score (nSPS) is 11.4. The Morgan fingerprint density at radius 3 is 2.54 bits per heavy atom. The highest BCUT2D eigenvalue weighted by Crippen LogP contribution is 2.29. The molecule has 0 atom stereocenters. The fourth-order valence-electron chi connectivity index (χ4n) is 0.714. The van der Waals surface area contributed by atoms with Gasteiger partial charge in [0, 0.05) is 6.20 Å². The van der Waals surface area contributed by atoms with E-state index in [0.29, 0.717) is 6.07 Å². The molecule has 1 rings (SSSR count). The summed E-state index contributed by atoms with van der Waals surface area (Å²) >= 11 is 4.96. The van der Waals surface area contributed by atoms with E-state index in [1.54, 1.807) is 0 Å². The SMILES string of the molecule is O=C(Cl)c1cc(C(F)(F)F)ccn1. The van der Waals surface area contributed by atoms with E-state index >= 15 is 0 Å². The summed E-state index contributed by atoms with van der Waals surface area (Å²) in [7, 11) is 0. The van der Waals surface area contributed by atoms with E-state index in [1.807, 2.05) is 0 Å². The molecule has 0 saturated heterocycles. The standard InChI is InChI=1S/C7H3ClF3NO/c8-6(13)5-3-4(1-2-12-5)7(9,10)11/h1-3H. The van der Waals surface area contributed by atoms with Crippen LogP contribution in [0.1, 0.15) is 16.1 Å². The van der Waals surface area contributed by atoms with E-state index in [-0.39, 0.29) is 0 Å². The molecule has 0 aromatic carbocycles. The Balaban J connectivity index is 3.13. The highest BCUT2D eigenvalue weighted by molar-refractivity contribution is 6.67. The third-order valence-electron chi connectivity index (χ3n) is 1.29. The Morgan fingerprint density at radius 2 is 2.08 bits per heavy atom. The minimum Gasteiger partial charge on any atom is -0.274 e. The summed E-state index contributed by atoms with van der Waals surface area (Å²) in [5.41, 5.74) is -1.34.